The number of carboxylic acid groups (broad SMARTS) is 2. The Morgan fingerprint density at radius 3 is 2.00 bits per heavy atom. The minimum Gasteiger partial charge on any atom is -0.507 e. The number of hydrogen-bond donors (Lipinski definition) is 3. The van der Waals surface area contributed by atoms with Gasteiger partial charge in [-0.25, -0.2) is 4.79 Å². The first-order valence-electron chi connectivity index (χ1n) is 6.16. The molecule has 1 aliphatic rings. The molecule has 1 aliphatic carbocycles. The molecule has 0 spiro atoms. The lowest BCUT2D eigenvalue weighted by Crippen LogP contribution is -2.04. The summed E-state index contributed by atoms with van der Waals surface area (Å²) in [5, 5.41) is 24.2. The molecule has 3 rings (SSSR count). The lowest BCUT2D eigenvalue weighted by atomic mass is 9.92. The monoisotopic (exact) mass is 318 g/mol. The maximum absolute atomic E-state index is 12.3. The van der Waals surface area contributed by atoms with Crippen LogP contribution >= 0.6 is 11.6 Å². The van der Waals surface area contributed by atoms with E-state index in [9.17, 15) is 9.90 Å². The Kier molecular flexibility index (Phi) is 4.48. The second-order valence-electron chi connectivity index (χ2n) is 4.42. The highest BCUT2D eigenvalue weighted by atomic mass is 35.5. The van der Waals surface area contributed by atoms with Gasteiger partial charge in [-0.1, -0.05) is 35.9 Å². The van der Waals surface area contributed by atoms with Gasteiger partial charge < -0.3 is 15.3 Å². The zero-order valence-corrected chi connectivity index (χ0v) is 11.9. The molecule has 0 bridgehead atoms. The summed E-state index contributed by atoms with van der Waals surface area (Å²) in [5.41, 5.74) is 2.59. The van der Waals surface area contributed by atoms with Gasteiger partial charge in [0.2, 0.25) is 0 Å². The highest BCUT2D eigenvalue weighted by Gasteiger charge is 2.19. The van der Waals surface area contributed by atoms with Gasteiger partial charge >= 0.3 is 6.16 Å². The molecule has 6 heteroatoms. The van der Waals surface area contributed by atoms with Crippen molar-refractivity contribution >= 4 is 35.7 Å². The van der Waals surface area contributed by atoms with Gasteiger partial charge in [-0.05, 0) is 35.4 Å². The van der Waals surface area contributed by atoms with Gasteiger partial charge in [0.1, 0.15) is 5.75 Å². The lowest BCUT2D eigenvalue weighted by molar-refractivity contribution is 0.103. The van der Waals surface area contributed by atoms with Crippen LogP contribution in [0.25, 0.3) is 12.2 Å². The average molecular weight is 319 g/mol. The molecular weight excluding hydrogens is 308 g/mol. The van der Waals surface area contributed by atoms with Gasteiger partial charge in [0, 0.05) is 5.56 Å². The Hall–Kier alpha value is -2.79. The molecule has 5 nitrogen and oxygen atoms in total. The smallest absolute Gasteiger partial charge is 0.503 e. The SMILES string of the molecule is O=C(O)O.O=C(c1cc2c(cc1O)C=C2)c1ccccc1Cl. The number of aromatic hydroxyl groups is 1. The normalized spacial score (nSPS) is 10.8. The van der Waals surface area contributed by atoms with Crippen molar-refractivity contribution in [1.29, 1.82) is 0 Å². The standard InChI is InChI=1S/C15H9ClO2.CH2O3/c16-13-4-2-1-3-11(13)15(18)12-7-9-5-6-10(9)8-14(12)17;2-1(3)4/h1-8,17H;(H2,2,3,4). The fraction of sp³-hybridized carbons (Fsp3) is 0. The number of benzene rings is 2. The molecule has 3 N–H and O–H groups in total. The summed E-state index contributed by atoms with van der Waals surface area (Å²) in [6, 6.07) is 10.1. The number of hydrogen-bond acceptors (Lipinski definition) is 3. The first kappa shape index (κ1) is 15.6. The van der Waals surface area contributed by atoms with Crippen LogP contribution in [-0.2, 0) is 0 Å². The van der Waals surface area contributed by atoms with Crippen LogP contribution in [0, 0.1) is 0 Å². The Balaban J connectivity index is 0.000000396. The van der Waals surface area contributed by atoms with Crippen LogP contribution < -0.4 is 0 Å². The van der Waals surface area contributed by atoms with Crippen LogP contribution in [0.5, 0.6) is 5.75 Å². The summed E-state index contributed by atoms with van der Waals surface area (Å²) in [5.74, 6) is -0.274. The summed E-state index contributed by atoms with van der Waals surface area (Å²) >= 11 is 5.99. The number of carbonyl (C=O) groups excluding carboxylic acids is 1. The number of halogens is 1. The molecule has 0 unspecified atom stereocenters. The Morgan fingerprint density at radius 1 is 0.909 bits per heavy atom. The fourth-order valence-corrected chi connectivity index (χ4v) is 2.19. The number of ketones is 1. The maximum atomic E-state index is 12.3. The predicted molar refractivity (Wildman–Crippen MR) is 82.6 cm³/mol. The van der Waals surface area contributed by atoms with E-state index < -0.39 is 6.16 Å². The van der Waals surface area contributed by atoms with Crippen molar-refractivity contribution < 1.29 is 24.9 Å². The van der Waals surface area contributed by atoms with E-state index in [0.29, 0.717) is 10.6 Å². The number of carbonyl (C=O) groups is 2. The third kappa shape index (κ3) is 3.27. The molecule has 22 heavy (non-hydrogen) atoms. The zero-order chi connectivity index (χ0) is 16.3. The van der Waals surface area contributed by atoms with E-state index in [1.54, 1.807) is 36.4 Å². The van der Waals surface area contributed by atoms with Gasteiger partial charge in [-0.15, -0.1) is 0 Å². The minimum absolute atomic E-state index is 0.0111. The molecule has 2 aromatic carbocycles. The molecule has 0 aromatic heterocycles. The van der Waals surface area contributed by atoms with Crippen molar-refractivity contribution in [3.8, 4) is 5.75 Å². The van der Waals surface area contributed by atoms with Crippen LogP contribution in [0.2, 0.25) is 5.02 Å². The van der Waals surface area contributed by atoms with E-state index in [4.69, 9.17) is 26.6 Å². The Labute approximate surface area is 130 Å². The van der Waals surface area contributed by atoms with Gasteiger partial charge in [0.05, 0.1) is 10.6 Å². The number of phenolic OH excluding ortho intramolecular Hbond substituents is 1. The first-order valence-corrected chi connectivity index (χ1v) is 6.54. The number of fused-ring (bicyclic) bond motifs is 1. The van der Waals surface area contributed by atoms with Crippen molar-refractivity contribution in [2.75, 3.05) is 0 Å². The Bertz CT molecular complexity index is 776. The molecule has 0 saturated carbocycles. The van der Waals surface area contributed by atoms with Gasteiger partial charge in [0.25, 0.3) is 0 Å². The van der Waals surface area contributed by atoms with Crippen LogP contribution in [0.4, 0.5) is 4.79 Å². The molecule has 0 atom stereocenters. The topological polar surface area (TPSA) is 94.8 Å². The predicted octanol–water partition coefficient (Wildman–Crippen LogP) is 3.98. The molecule has 112 valence electrons. The quantitative estimate of drug-likeness (QED) is 0.621. The van der Waals surface area contributed by atoms with Crippen molar-refractivity contribution in [2.45, 2.75) is 0 Å². The van der Waals surface area contributed by atoms with Gasteiger partial charge in [-0.2, -0.15) is 0 Å². The van der Waals surface area contributed by atoms with E-state index in [1.807, 2.05) is 12.2 Å². The summed E-state index contributed by atoms with van der Waals surface area (Å²) in [6.07, 6.45) is 1.96. The van der Waals surface area contributed by atoms with Crippen molar-refractivity contribution in [3.05, 3.63) is 63.7 Å². The summed E-state index contributed by atoms with van der Waals surface area (Å²) in [6.45, 7) is 0. The molecule has 0 amide bonds. The largest absolute Gasteiger partial charge is 0.507 e. The second kappa shape index (κ2) is 6.32. The van der Waals surface area contributed by atoms with Gasteiger partial charge in [0.15, 0.2) is 5.78 Å². The highest BCUT2D eigenvalue weighted by Crippen LogP contribution is 2.32. The van der Waals surface area contributed by atoms with Crippen molar-refractivity contribution in [3.63, 3.8) is 0 Å². The third-order valence-corrected chi connectivity index (χ3v) is 3.34. The molecular formula is C16H11ClO5. The van der Waals surface area contributed by atoms with Crippen LogP contribution in [0.3, 0.4) is 0 Å². The molecule has 0 heterocycles. The van der Waals surface area contributed by atoms with Crippen LogP contribution in [0.1, 0.15) is 27.0 Å². The maximum Gasteiger partial charge on any atom is 0.503 e. The van der Waals surface area contributed by atoms with Crippen molar-refractivity contribution in [1.82, 2.24) is 0 Å². The summed E-state index contributed by atoms with van der Waals surface area (Å²) in [4.78, 5) is 20.9. The summed E-state index contributed by atoms with van der Waals surface area (Å²) in [7, 11) is 0. The molecule has 0 fully saturated rings. The Morgan fingerprint density at radius 2 is 1.45 bits per heavy atom. The van der Waals surface area contributed by atoms with Gasteiger partial charge in [-0.3, -0.25) is 4.79 Å². The van der Waals surface area contributed by atoms with E-state index >= 15 is 0 Å². The second-order valence-corrected chi connectivity index (χ2v) is 4.83. The molecule has 0 radical (unpaired) electrons. The first-order chi connectivity index (χ1) is 10.4. The van der Waals surface area contributed by atoms with Crippen LogP contribution in [-0.4, -0.2) is 27.3 Å². The van der Waals surface area contributed by atoms with E-state index in [0.717, 1.165) is 11.1 Å². The van der Waals surface area contributed by atoms with E-state index in [1.165, 1.54) is 0 Å². The minimum atomic E-state index is -1.83. The lowest BCUT2D eigenvalue weighted by Gasteiger charge is -2.13. The summed E-state index contributed by atoms with van der Waals surface area (Å²) < 4.78 is 0. The average Bonchev–Trinajstić information content (AvgIpc) is 2.42. The zero-order valence-electron chi connectivity index (χ0n) is 11.2. The molecule has 2 aromatic rings. The number of rotatable bonds is 2. The van der Waals surface area contributed by atoms with E-state index in [2.05, 4.69) is 0 Å². The fourth-order valence-electron chi connectivity index (χ4n) is 1.97. The highest BCUT2D eigenvalue weighted by molar-refractivity contribution is 6.35. The van der Waals surface area contributed by atoms with Crippen LogP contribution in [0.15, 0.2) is 36.4 Å². The number of phenols is 1. The van der Waals surface area contributed by atoms with Crippen molar-refractivity contribution in [2.24, 2.45) is 0 Å². The molecule has 0 aliphatic heterocycles. The molecule has 0 saturated heterocycles. The van der Waals surface area contributed by atoms with E-state index in [-0.39, 0.29) is 17.1 Å². The third-order valence-electron chi connectivity index (χ3n) is 3.01.